The molecule has 0 radical (unpaired) electrons. The van der Waals surface area contributed by atoms with Crippen LogP contribution in [0, 0.1) is 0 Å². The van der Waals surface area contributed by atoms with E-state index in [0.29, 0.717) is 29.8 Å². The van der Waals surface area contributed by atoms with Crippen molar-refractivity contribution >= 4 is 60.6 Å². The Morgan fingerprint density at radius 2 is 2.00 bits per heavy atom. The van der Waals surface area contributed by atoms with Crippen molar-refractivity contribution in [1.82, 2.24) is 14.5 Å². The molecule has 1 N–H and O–H groups in total. The summed E-state index contributed by atoms with van der Waals surface area (Å²) in [4.78, 5) is 21.3. The van der Waals surface area contributed by atoms with Gasteiger partial charge < -0.3 is 14.4 Å². The van der Waals surface area contributed by atoms with E-state index >= 15 is 0 Å². The normalized spacial score (nSPS) is 16.6. The van der Waals surface area contributed by atoms with Crippen LogP contribution in [0.15, 0.2) is 71.2 Å². The van der Waals surface area contributed by atoms with E-state index < -0.39 is 10.0 Å². The Kier molecular flexibility index (Phi) is 6.43. The van der Waals surface area contributed by atoms with Crippen LogP contribution < -0.4 is 9.62 Å². The topological polar surface area (TPSA) is 87.5 Å². The number of halogens is 1. The lowest BCUT2D eigenvalue weighted by Gasteiger charge is -2.41. The molecule has 1 aliphatic heterocycles. The smallest absolute Gasteiger partial charge is 0.263 e. The van der Waals surface area contributed by atoms with E-state index in [1.165, 1.54) is 11.3 Å². The van der Waals surface area contributed by atoms with Gasteiger partial charge in [-0.3, -0.25) is 9.52 Å². The average Bonchev–Trinajstić information content (AvgIpc) is 3.49. The molecule has 35 heavy (non-hydrogen) atoms. The monoisotopic (exact) mass is 531 g/mol. The zero-order valence-corrected chi connectivity index (χ0v) is 21.4. The number of piperazine rings is 1. The molecular weight excluding hydrogens is 506 g/mol. The number of carbonyl (C=O) groups excluding carboxylic acids is 1. The summed E-state index contributed by atoms with van der Waals surface area (Å²) < 4.78 is 29.5. The molecule has 8 nitrogen and oxygen atoms in total. The first kappa shape index (κ1) is 23.7. The third-order valence-corrected chi connectivity index (χ3v) is 8.64. The Balaban J connectivity index is 0.00000304. The van der Waals surface area contributed by atoms with Gasteiger partial charge in [-0.15, -0.1) is 11.3 Å². The molecule has 2 aromatic carbocycles. The summed E-state index contributed by atoms with van der Waals surface area (Å²) in [7, 11) is -3.69. The highest BCUT2D eigenvalue weighted by molar-refractivity contribution is 7.93. The number of sulfonamides is 1. The number of para-hydroxylation sites is 1. The molecule has 1 aliphatic rings. The van der Waals surface area contributed by atoms with Gasteiger partial charge >= 0.3 is 0 Å². The number of benzene rings is 2. The second kappa shape index (κ2) is 9.52. The van der Waals surface area contributed by atoms with Crippen molar-refractivity contribution in [1.29, 1.82) is 0 Å². The summed E-state index contributed by atoms with van der Waals surface area (Å²) in [5.41, 5.74) is 1.79. The molecular formula is C24H26ClN5O3S2. The van der Waals surface area contributed by atoms with E-state index in [0.717, 1.165) is 16.6 Å². The molecule has 0 spiro atoms. The number of anilines is 2. The fourth-order valence-electron chi connectivity index (χ4n) is 4.43. The van der Waals surface area contributed by atoms with Gasteiger partial charge in [-0.1, -0.05) is 23.7 Å². The highest BCUT2D eigenvalue weighted by atomic mass is 35.5. The Labute approximate surface area is 214 Å². The van der Waals surface area contributed by atoms with Gasteiger partial charge in [-0.25, -0.2) is 13.4 Å². The molecule has 0 bridgehead atoms. The fourth-order valence-corrected chi connectivity index (χ4v) is 6.51. The third-order valence-electron chi connectivity index (χ3n) is 6.16. The number of carbonyl (C=O) groups is 1. The lowest BCUT2D eigenvalue weighted by atomic mass is 10.1. The van der Waals surface area contributed by atoms with Gasteiger partial charge in [-0.2, -0.15) is 0 Å². The van der Waals surface area contributed by atoms with E-state index in [2.05, 4.69) is 14.6 Å². The minimum atomic E-state index is -3.69. The number of fused-ring (bicyclic) bond motifs is 1. The van der Waals surface area contributed by atoms with Gasteiger partial charge in [0.1, 0.15) is 6.54 Å². The summed E-state index contributed by atoms with van der Waals surface area (Å²) in [5, 5.41) is 3.68. The van der Waals surface area contributed by atoms with Crippen LogP contribution in [0.3, 0.4) is 0 Å². The fraction of sp³-hybridized carbons (Fsp3) is 0.250. The maximum atomic E-state index is 13.1. The Hall–Kier alpha value is -3.08. The molecule has 11 heteroatoms. The molecule has 1 fully saturated rings. The van der Waals surface area contributed by atoms with Gasteiger partial charge in [0.15, 0.2) is 5.13 Å². The van der Waals surface area contributed by atoms with Gasteiger partial charge in [0.2, 0.25) is 5.91 Å². The highest BCUT2D eigenvalue weighted by Crippen LogP contribution is 2.26. The number of aromatic nitrogens is 2. The number of thiazole rings is 1. The maximum absolute atomic E-state index is 13.1. The van der Waals surface area contributed by atoms with Crippen LogP contribution in [0.2, 0.25) is 5.02 Å². The Morgan fingerprint density at radius 1 is 1.20 bits per heavy atom. The van der Waals surface area contributed by atoms with Gasteiger partial charge in [0.05, 0.1) is 15.4 Å². The molecule has 184 valence electrons. The summed E-state index contributed by atoms with van der Waals surface area (Å²) >= 11 is 7.59. The maximum Gasteiger partial charge on any atom is 0.263 e. The summed E-state index contributed by atoms with van der Waals surface area (Å²) in [5.74, 6) is 0.0456. The van der Waals surface area contributed by atoms with E-state index in [9.17, 15) is 13.2 Å². The zero-order valence-electron chi connectivity index (χ0n) is 19.0. The van der Waals surface area contributed by atoms with Crippen molar-refractivity contribution < 1.29 is 14.6 Å². The van der Waals surface area contributed by atoms with Crippen molar-refractivity contribution in [2.45, 2.75) is 24.4 Å². The Morgan fingerprint density at radius 3 is 2.71 bits per heavy atom. The molecule has 0 saturated carbocycles. The van der Waals surface area contributed by atoms with Crippen molar-refractivity contribution in [2.75, 3.05) is 29.3 Å². The molecule has 3 heterocycles. The molecule has 2 aromatic heterocycles. The molecule has 0 unspecified atom stereocenters. The number of nitrogens with zero attached hydrogens (tertiary/aromatic N) is 4. The van der Waals surface area contributed by atoms with E-state index in [1.807, 2.05) is 46.9 Å². The quantitative estimate of drug-likeness (QED) is 0.395. The van der Waals surface area contributed by atoms with Gasteiger partial charge in [0, 0.05) is 56.0 Å². The standard InChI is InChI=1S/C24H24ClN5O3S2.H2/c1-17-15-28(19-5-7-20(8-6-19)35(32,33)27-24-26-10-14-34-24)12-13-30(17)22(31)16-29-11-9-18-3-2-4-21(25)23(18)29;/h2-11,14,17H,12-13,15-16H2,1H3,(H,26,27);1H/t17-;/m0./s1. The van der Waals surface area contributed by atoms with Crippen LogP contribution in [-0.4, -0.2) is 54.5 Å². The summed E-state index contributed by atoms with van der Waals surface area (Å²) in [6, 6.07) is 14.5. The Bertz CT molecular complexity index is 1460. The molecule has 5 rings (SSSR count). The van der Waals surface area contributed by atoms with Crippen LogP contribution in [0.1, 0.15) is 8.35 Å². The number of hydrogen-bond acceptors (Lipinski definition) is 6. The second-order valence-corrected chi connectivity index (χ2v) is 11.4. The van der Waals surface area contributed by atoms with E-state index in [-0.39, 0.29) is 24.8 Å². The van der Waals surface area contributed by atoms with Crippen molar-refractivity contribution in [2.24, 2.45) is 0 Å². The molecule has 1 saturated heterocycles. The number of nitrogens with one attached hydrogen (secondary N) is 1. The lowest BCUT2D eigenvalue weighted by molar-refractivity contribution is -0.134. The summed E-state index contributed by atoms with van der Waals surface area (Å²) in [6.07, 6.45) is 3.45. The van der Waals surface area contributed by atoms with Crippen molar-refractivity contribution in [3.8, 4) is 0 Å². The summed E-state index contributed by atoms with van der Waals surface area (Å²) in [6.45, 7) is 4.16. The van der Waals surface area contributed by atoms with Crippen molar-refractivity contribution in [3.63, 3.8) is 0 Å². The van der Waals surface area contributed by atoms with Crippen LogP contribution in [0.25, 0.3) is 10.9 Å². The molecule has 1 amide bonds. The zero-order chi connectivity index (χ0) is 24.6. The first-order chi connectivity index (χ1) is 16.8. The molecule has 1 atom stereocenters. The van der Waals surface area contributed by atoms with Crippen LogP contribution in [0.5, 0.6) is 0 Å². The van der Waals surface area contributed by atoms with Gasteiger partial charge in [-0.05, 0) is 43.3 Å². The number of rotatable bonds is 6. The predicted octanol–water partition coefficient (Wildman–Crippen LogP) is 4.54. The average molecular weight is 532 g/mol. The first-order valence-electron chi connectivity index (χ1n) is 11.1. The van der Waals surface area contributed by atoms with E-state index in [4.69, 9.17) is 11.6 Å². The van der Waals surface area contributed by atoms with Gasteiger partial charge in [0.25, 0.3) is 10.0 Å². The van der Waals surface area contributed by atoms with Crippen LogP contribution in [0.4, 0.5) is 10.8 Å². The van der Waals surface area contributed by atoms with Crippen LogP contribution in [-0.2, 0) is 21.4 Å². The van der Waals surface area contributed by atoms with Crippen molar-refractivity contribution in [3.05, 3.63) is 71.3 Å². The highest BCUT2D eigenvalue weighted by Gasteiger charge is 2.28. The SMILES string of the molecule is C[C@H]1CN(c2ccc(S(=O)(=O)Nc3nccs3)cc2)CCN1C(=O)Cn1ccc2cccc(Cl)c21.[HH]. The van der Waals surface area contributed by atoms with E-state index in [1.54, 1.807) is 35.8 Å². The molecule has 4 aromatic rings. The minimum absolute atomic E-state index is 0. The third kappa shape index (κ3) is 4.86. The largest absolute Gasteiger partial charge is 0.368 e. The first-order valence-corrected chi connectivity index (χ1v) is 13.9. The minimum Gasteiger partial charge on any atom is -0.368 e. The lowest BCUT2D eigenvalue weighted by Crippen LogP contribution is -2.54. The number of amides is 1. The molecule has 0 aliphatic carbocycles. The predicted molar refractivity (Wildman–Crippen MR) is 142 cm³/mol. The second-order valence-electron chi connectivity index (χ2n) is 8.44. The number of hydrogen-bond donors (Lipinski definition) is 1. The van der Waals surface area contributed by atoms with Crippen LogP contribution >= 0.6 is 22.9 Å².